The summed E-state index contributed by atoms with van der Waals surface area (Å²) in [6, 6.07) is 11.6. The van der Waals surface area contributed by atoms with E-state index in [2.05, 4.69) is 5.32 Å². The summed E-state index contributed by atoms with van der Waals surface area (Å²) in [5, 5.41) is 3.12. The van der Waals surface area contributed by atoms with Gasteiger partial charge in [-0.2, -0.15) is 0 Å². The van der Waals surface area contributed by atoms with Crippen molar-refractivity contribution in [1.82, 2.24) is 5.32 Å². The number of hydrogen-bond acceptors (Lipinski definition) is 3. The van der Waals surface area contributed by atoms with E-state index in [1.165, 1.54) is 12.8 Å². The molecule has 1 saturated carbocycles. The van der Waals surface area contributed by atoms with Gasteiger partial charge in [0, 0.05) is 17.1 Å². The average Bonchev–Trinajstić information content (AvgIpc) is 3.51. The third-order valence-electron chi connectivity index (χ3n) is 5.49. The number of fused-ring (bicyclic) bond motifs is 1. The van der Waals surface area contributed by atoms with Crippen molar-refractivity contribution in [2.24, 2.45) is 11.7 Å². The molecule has 3 amide bonds. The molecule has 3 N–H and O–H groups in total. The molecule has 0 radical (unpaired) electrons. The first-order valence-corrected chi connectivity index (χ1v) is 10.2. The van der Waals surface area contributed by atoms with E-state index in [1.54, 1.807) is 17.0 Å². The SMILES string of the molecule is C[C@@H](c1cccc(OCC2CC2)c1)N1C(=O)[C@H](NC(N)=O)Cc2ccc(Cl)cc21. The predicted molar refractivity (Wildman–Crippen MR) is 112 cm³/mol. The minimum Gasteiger partial charge on any atom is -0.493 e. The third kappa shape index (κ3) is 4.32. The lowest BCUT2D eigenvalue weighted by atomic mass is 9.94. The monoisotopic (exact) mass is 413 g/mol. The zero-order valence-electron chi connectivity index (χ0n) is 16.2. The Morgan fingerprint density at radius 3 is 2.83 bits per heavy atom. The van der Waals surface area contributed by atoms with E-state index in [0.29, 0.717) is 17.4 Å². The number of primary amides is 1. The van der Waals surface area contributed by atoms with Gasteiger partial charge < -0.3 is 20.7 Å². The first kappa shape index (κ1) is 19.6. The van der Waals surface area contributed by atoms with Gasteiger partial charge in [-0.25, -0.2) is 4.79 Å². The summed E-state index contributed by atoms with van der Waals surface area (Å²) in [6.45, 7) is 2.68. The lowest BCUT2D eigenvalue weighted by Crippen LogP contribution is -2.54. The number of amides is 3. The molecule has 2 aliphatic rings. The van der Waals surface area contributed by atoms with Gasteiger partial charge in [-0.1, -0.05) is 29.8 Å². The molecule has 6 nitrogen and oxygen atoms in total. The lowest BCUT2D eigenvalue weighted by Gasteiger charge is -2.38. The zero-order valence-corrected chi connectivity index (χ0v) is 17.0. The van der Waals surface area contributed by atoms with Gasteiger partial charge in [0.1, 0.15) is 11.8 Å². The Morgan fingerprint density at radius 1 is 1.31 bits per heavy atom. The fourth-order valence-electron chi connectivity index (χ4n) is 3.72. The summed E-state index contributed by atoms with van der Waals surface area (Å²) >= 11 is 6.22. The van der Waals surface area contributed by atoms with Gasteiger partial charge in [-0.05, 0) is 61.1 Å². The van der Waals surface area contributed by atoms with E-state index in [-0.39, 0.29) is 11.9 Å². The van der Waals surface area contributed by atoms with Crippen LogP contribution in [0.2, 0.25) is 5.02 Å². The molecule has 0 bridgehead atoms. The zero-order chi connectivity index (χ0) is 20.5. The highest BCUT2D eigenvalue weighted by Gasteiger charge is 2.36. The predicted octanol–water partition coefficient (Wildman–Crippen LogP) is 3.82. The Labute approximate surface area is 175 Å². The molecule has 1 aliphatic carbocycles. The largest absolute Gasteiger partial charge is 0.493 e. The molecule has 4 rings (SSSR count). The summed E-state index contributed by atoms with van der Waals surface area (Å²) in [7, 11) is 0. The van der Waals surface area contributed by atoms with Crippen molar-refractivity contribution < 1.29 is 14.3 Å². The number of nitrogens with one attached hydrogen (secondary N) is 1. The van der Waals surface area contributed by atoms with Crippen molar-refractivity contribution in [3.8, 4) is 5.75 Å². The molecule has 1 aliphatic heterocycles. The maximum absolute atomic E-state index is 13.2. The maximum Gasteiger partial charge on any atom is 0.312 e. The summed E-state index contributed by atoms with van der Waals surface area (Å²) in [5.74, 6) is 1.24. The van der Waals surface area contributed by atoms with Gasteiger partial charge in [0.2, 0.25) is 0 Å². The Balaban J connectivity index is 1.65. The highest BCUT2D eigenvalue weighted by atomic mass is 35.5. The van der Waals surface area contributed by atoms with Gasteiger partial charge in [0.05, 0.1) is 12.6 Å². The summed E-state index contributed by atoms with van der Waals surface area (Å²) in [4.78, 5) is 26.3. The summed E-state index contributed by atoms with van der Waals surface area (Å²) < 4.78 is 5.90. The number of hydrogen-bond donors (Lipinski definition) is 2. The standard InChI is InChI=1S/C22H24ClN3O3/c1-13(15-3-2-4-18(9-15)29-12-14-5-6-14)26-20-11-17(23)8-7-16(20)10-19(21(26)27)25-22(24)28/h2-4,7-9,11,13-14,19H,5-6,10,12H2,1H3,(H3,24,25,28)/t13-,19+/m0/s1. The minimum atomic E-state index is -0.719. The molecule has 7 heteroatoms. The first-order chi connectivity index (χ1) is 13.9. The van der Waals surface area contributed by atoms with E-state index >= 15 is 0 Å². The van der Waals surface area contributed by atoms with Crippen LogP contribution in [0.5, 0.6) is 5.75 Å². The molecule has 2 aromatic rings. The number of nitrogens with two attached hydrogens (primary N) is 1. The topological polar surface area (TPSA) is 84.7 Å². The smallest absolute Gasteiger partial charge is 0.312 e. The van der Waals surface area contributed by atoms with Crippen LogP contribution in [-0.2, 0) is 11.2 Å². The number of rotatable bonds is 6. The molecule has 0 unspecified atom stereocenters. The maximum atomic E-state index is 13.2. The number of ether oxygens (including phenoxy) is 1. The Hall–Kier alpha value is -2.73. The van der Waals surface area contributed by atoms with Gasteiger partial charge in [0.15, 0.2) is 0 Å². The normalized spacial score (nSPS) is 19.4. The Morgan fingerprint density at radius 2 is 2.10 bits per heavy atom. The molecule has 1 heterocycles. The van der Waals surface area contributed by atoms with Crippen molar-refractivity contribution >= 4 is 29.2 Å². The second kappa shape index (κ2) is 7.95. The van der Waals surface area contributed by atoms with Crippen LogP contribution in [0.25, 0.3) is 0 Å². The third-order valence-corrected chi connectivity index (χ3v) is 5.73. The number of urea groups is 1. The highest BCUT2D eigenvalue weighted by Crippen LogP contribution is 2.37. The van der Waals surface area contributed by atoms with Crippen molar-refractivity contribution in [2.75, 3.05) is 11.5 Å². The Bertz CT molecular complexity index is 945. The summed E-state index contributed by atoms with van der Waals surface area (Å²) in [6.07, 6.45) is 2.83. The van der Waals surface area contributed by atoms with E-state index in [0.717, 1.165) is 29.2 Å². The number of halogens is 1. The molecule has 0 saturated heterocycles. The fourth-order valence-corrected chi connectivity index (χ4v) is 3.89. The number of carbonyl (C=O) groups excluding carboxylic acids is 2. The number of carbonyl (C=O) groups is 2. The van der Waals surface area contributed by atoms with Crippen molar-refractivity contribution in [3.63, 3.8) is 0 Å². The van der Waals surface area contributed by atoms with Gasteiger partial charge in [-0.3, -0.25) is 4.79 Å². The second-order valence-corrected chi connectivity index (χ2v) is 8.19. The van der Waals surface area contributed by atoms with Crippen LogP contribution in [0.1, 0.15) is 36.9 Å². The van der Waals surface area contributed by atoms with Crippen LogP contribution in [0.4, 0.5) is 10.5 Å². The first-order valence-electron chi connectivity index (χ1n) is 9.82. The molecule has 0 aromatic heterocycles. The van der Waals surface area contributed by atoms with Crippen LogP contribution in [-0.4, -0.2) is 24.6 Å². The molecule has 1 fully saturated rings. The summed E-state index contributed by atoms with van der Waals surface area (Å²) in [5.41, 5.74) is 7.91. The quantitative estimate of drug-likeness (QED) is 0.755. The molecule has 152 valence electrons. The van der Waals surface area contributed by atoms with E-state index in [4.69, 9.17) is 22.1 Å². The Kier molecular flexibility index (Phi) is 5.37. The van der Waals surface area contributed by atoms with E-state index in [1.807, 2.05) is 37.3 Å². The van der Waals surface area contributed by atoms with Crippen LogP contribution in [0.15, 0.2) is 42.5 Å². The van der Waals surface area contributed by atoms with Crippen molar-refractivity contribution in [3.05, 3.63) is 58.6 Å². The molecular weight excluding hydrogens is 390 g/mol. The van der Waals surface area contributed by atoms with Gasteiger partial charge in [0.25, 0.3) is 5.91 Å². The van der Waals surface area contributed by atoms with Gasteiger partial charge >= 0.3 is 6.03 Å². The molecule has 0 spiro atoms. The lowest BCUT2D eigenvalue weighted by molar-refractivity contribution is -0.121. The second-order valence-electron chi connectivity index (χ2n) is 7.75. The van der Waals surface area contributed by atoms with Crippen LogP contribution >= 0.6 is 11.6 Å². The number of anilines is 1. The average molecular weight is 414 g/mol. The number of benzene rings is 2. The van der Waals surface area contributed by atoms with Gasteiger partial charge in [-0.15, -0.1) is 0 Å². The highest BCUT2D eigenvalue weighted by molar-refractivity contribution is 6.31. The molecular formula is C22H24ClN3O3. The minimum absolute atomic E-state index is 0.213. The van der Waals surface area contributed by atoms with Crippen molar-refractivity contribution in [1.29, 1.82) is 0 Å². The molecule has 29 heavy (non-hydrogen) atoms. The van der Waals surface area contributed by atoms with E-state index in [9.17, 15) is 9.59 Å². The number of nitrogens with zero attached hydrogens (tertiary/aromatic N) is 1. The molecule has 2 atom stereocenters. The van der Waals surface area contributed by atoms with Crippen LogP contribution in [0, 0.1) is 5.92 Å². The van der Waals surface area contributed by atoms with Crippen molar-refractivity contribution in [2.45, 2.75) is 38.3 Å². The molecule has 2 aromatic carbocycles. The fraction of sp³-hybridized carbons (Fsp3) is 0.364. The van der Waals surface area contributed by atoms with E-state index < -0.39 is 12.1 Å². The van der Waals surface area contributed by atoms with Crippen LogP contribution < -0.4 is 20.7 Å². The van der Waals surface area contributed by atoms with Crippen LogP contribution in [0.3, 0.4) is 0 Å².